The summed E-state index contributed by atoms with van der Waals surface area (Å²) in [7, 11) is 0. The van der Waals surface area contributed by atoms with Gasteiger partial charge in [0.15, 0.2) is 5.82 Å². The van der Waals surface area contributed by atoms with Gasteiger partial charge in [-0.25, -0.2) is 0 Å². The zero-order chi connectivity index (χ0) is 14.1. The molecule has 1 aromatic carbocycles. The number of carbonyl (C=O) groups is 1. The molecule has 0 amide bonds. The minimum Gasteiger partial charge on any atom is -0.545 e. The molecule has 1 saturated carbocycles. The van der Waals surface area contributed by atoms with Crippen molar-refractivity contribution >= 4 is 24.4 Å². The molecule has 1 N–H and O–H groups in total. The number of hydrogen-bond donors (Lipinski definition) is 1. The van der Waals surface area contributed by atoms with Gasteiger partial charge in [0, 0.05) is 5.92 Å². The van der Waals surface area contributed by atoms with Crippen LogP contribution in [0.15, 0.2) is 29.4 Å². The van der Waals surface area contributed by atoms with E-state index in [0.29, 0.717) is 10.7 Å². The molecule has 1 aliphatic rings. The first kappa shape index (κ1) is 12.7. The van der Waals surface area contributed by atoms with Gasteiger partial charge in [-0.2, -0.15) is 14.9 Å². The first-order valence-corrected chi connectivity index (χ1v) is 6.59. The van der Waals surface area contributed by atoms with Crippen LogP contribution in [0.25, 0.3) is 0 Å². The Hall–Kier alpha value is -2.28. The normalized spacial score (nSPS) is 14.8. The Morgan fingerprint density at radius 3 is 2.75 bits per heavy atom. The number of rotatable bonds is 4. The Kier molecular flexibility index (Phi) is 3.19. The number of H-pyrrole nitrogens is 1. The van der Waals surface area contributed by atoms with E-state index < -0.39 is 5.97 Å². The molecule has 102 valence electrons. The third-order valence-electron chi connectivity index (χ3n) is 3.09. The van der Waals surface area contributed by atoms with Gasteiger partial charge in [-0.05, 0) is 36.2 Å². The van der Waals surface area contributed by atoms with Crippen LogP contribution in [0.5, 0.6) is 0 Å². The Morgan fingerprint density at radius 2 is 2.15 bits per heavy atom. The molecule has 6 nitrogen and oxygen atoms in total. The summed E-state index contributed by atoms with van der Waals surface area (Å²) < 4.78 is 2.06. The molecule has 7 heteroatoms. The maximum absolute atomic E-state index is 10.7. The van der Waals surface area contributed by atoms with E-state index in [9.17, 15) is 9.90 Å². The highest BCUT2D eigenvalue weighted by molar-refractivity contribution is 7.71. The molecular formula is C13H11N4O2S-. The molecule has 0 bridgehead atoms. The number of benzene rings is 1. The monoisotopic (exact) mass is 287 g/mol. The van der Waals surface area contributed by atoms with Gasteiger partial charge in [0.2, 0.25) is 4.77 Å². The lowest BCUT2D eigenvalue weighted by atomic mass is 10.1. The second-order valence-electron chi connectivity index (χ2n) is 4.63. The Bertz CT molecular complexity index is 726. The van der Waals surface area contributed by atoms with Crippen molar-refractivity contribution in [3.63, 3.8) is 0 Å². The molecule has 1 fully saturated rings. The average molecular weight is 287 g/mol. The largest absolute Gasteiger partial charge is 0.545 e. The Balaban J connectivity index is 1.85. The van der Waals surface area contributed by atoms with E-state index in [1.807, 2.05) is 0 Å². The summed E-state index contributed by atoms with van der Waals surface area (Å²) in [5, 5.41) is 21.9. The van der Waals surface area contributed by atoms with Crippen molar-refractivity contribution in [2.24, 2.45) is 5.10 Å². The molecule has 0 unspecified atom stereocenters. The molecule has 20 heavy (non-hydrogen) atoms. The number of carboxylic acids is 1. The number of nitrogens with zero attached hydrogens (tertiary/aromatic N) is 3. The standard InChI is InChI=1S/C13H12N4O2S/c18-12(19)10-3-1-8(2-4-10)7-14-17-11(9-5-6-9)15-16-13(17)20/h1-4,7,9H,5-6H2,(H,16,20)(H,18,19)/p-1/b14-7-. The van der Waals surface area contributed by atoms with Crippen molar-refractivity contribution in [2.45, 2.75) is 18.8 Å². The number of carboxylic acid groups (broad SMARTS) is 1. The number of aromatic amines is 1. The predicted molar refractivity (Wildman–Crippen MR) is 73.2 cm³/mol. The maximum atomic E-state index is 10.7. The zero-order valence-electron chi connectivity index (χ0n) is 10.4. The topological polar surface area (TPSA) is 86.1 Å². The molecule has 0 saturated heterocycles. The van der Waals surface area contributed by atoms with Crippen LogP contribution in [0.2, 0.25) is 0 Å². The second kappa shape index (κ2) is 5.01. The molecule has 0 radical (unpaired) electrons. The van der Waals surface area contributed by atoms with E-state index in [0.717, 1.165) is 24.2 Å². The molecule has 1 aromatic heterocycles. The van der Waals surface area contributed by atoms with Crippen LogP contribution >= 0.6 is 12.2 Å². The highest BCUT2D eigenvalue weighted by Crippen LogP contribution is 2.38. The average Bonchev–Trinajstić information content (AvgIpc) is 3.21. The van der Waals surface area contributed by atoms with Gasteiger partial charge in [-0.1, -0.05) is 24.3 Å². The lowest BCUT2D eigenvalue weighted by Gasteiger charge is -2.02. The molecule has 1 aliphatic carbocycles. The summed E-state index contributed by atoms with van der Waals surface area (Å²) in [6, 6.07) is 6.28. The summed E-state index contributed by atoms with van der Waals surface area (Å²) in [6.45, 7) is 0. The van der Waals surface area contributed by atoms with E-state index >= 15 is 0 Å². The van der Waals surface area contributed by atoms with Crippen molar-refractivity contribution in [3.05, 3.63) is 46.0 Å². The van der Waals surface area contributed by atoms with Crippen molar-refractivity contribution in [1.29, 1.82) is 0 Å². The Morgan fingerprint density at radius 1 is 1.45 bits per heavy atom. The molecule has 2 aromatic rings. The highest BCUT2D eigenvalue weighted by atomic mass is 32.1. The van der Waals surface area contributed by atoms with Gasteiger partial charge in [-0.3, -0.25) is 5.10 Å². The van der Waals surface area contributed by atoms with Crippen LogP contribution in [0.3, 0.4) is 0 Å². The zero-order valence-corrected chi connectivity index (χ0v) is 11.3. The van der Waals surface area contributed by atoms with Gasteiger partial charge < -0.3 is 9.90 Å². The molecule has 1 heterocycles. The number of aromatic nitrogens is 3. The number of hydrogen-bond acceptors (Lipinski definition) is 5. The number of nitrogens with one attached hydrogen (secondary N) is 1. The van der Waals surface area contributed by atoms with E-state index in [1.54, 1.807) is 23.0 Å². The van der Waals surface area contributed by atoms with Gasteiger partial charge in [0.25, 0.3) is 0 Å². The maximum Gasteiger partial charge on any atom is 0.216 e. The van der Waals surface area contributed by atoms with Crippen LogP contribution in [0.1, 0.15) is 40.5 Å². The molecule has 0 aliphatic heterocycles. The predicted octanol–water partition coefficient (Wildman–Crippen LogP) is 1.06. The second-order valence-corrected chi connectivity index (χ2v) is 5.01. The van der Waals surface area contributed by atoms with Crippen LogP contribution < -0.4 is 5.11 Å². The third-order valence-corrected chi connectivity index (χ3v) is 3.35. The smallest absolute Gasteiger partial charge is 0.216 e. The summed E-state index contributed by atoms with van der Waals surface area (Å²) in [5.41, 5.74) is 0.917. The van der Waals surface area contributed by atoms with Crippen molar-refractivity contribution in [2.75, 3.05) is 0 Å². The van der Waals surface area contributed by atoms with Gasteiger partial charge in [0.05, 0.1) is 12.2 Å². The third kappa shape index (κ3) is 2.53. The molecule has 3 rings (SSSR count). The van der Waals surface area contributed by atoms with Gasteiger partial charge in [0.1, 0.15) is 0 Å². The van der Waals surface area contributed by atoms with Crippen LogP contribution in [0, 0.1) is 4.77 Å². The number of carbonyl (C=O) groups excluding carboxylic acids is 1. The lowest BCUT2D eigenvalue weighted by molar-refractivity contribution is -0.255. The van der Waals surface area contributed by atoms with E-state index in [2.05, 4.69) is 15.3 Å². The summed E-state index contributed by atoms with van der Waals surface area (Å²) in [4.78, 5) is 10.7. The van der Waals surface area contributed by atoms with E-state index in [4.69, 9.17) is 12.2 Å². The Labute approximate surface area is 119 Å². The molecule has 0 atom stereocenters. The van der Waals surface area contributed by atoms with E-state index in [1.165, 1.54) is 12.1 Å². The SMILES string of the molecule is O=C([O-])c1ccc(/C=N\n2c(C3CC3)n[nH]c2=S)cc1. The fourth-order valence-electron chi connectivity index (χ4n) is 1.85. The van der Waals surface area contributed by atoms with Crippen molar-refractivity contribution in [3.8, 4) is 0 Å². The van der Waals surface area contributed by atoms with Gasteiger partial charge in [-0.15, -0.1) is 0 Å². The van der Waals surface area contributed by atoms with Crippen molar-refractivity contribution in [1.82, 2.24) is 14.9 Å². The van der Waals surface area contributed by atoms with Crippen LogP contribution in [-0.4, -0.2) is 27.1 Å². The molecular weight excluding hydrogens is 276 g/mol. The quantitative estimate of drug-likeness (QED) is 0.673. The van der Waals surface area contributed by atoms with Crippen LogP contribution in [0.4, 0.5) is 0 Å². The highest BCUT2D eigenvalue weighted by Gasteiger charge is 2.29. The lowest BCUT2D eigenvalue weighted by Crippen LogP contribution is -2.21. The fraction of sp³-hybridized carbons (Fsp3) is 0.231. The fourth-order valence-corrected chi connectivity index (χ4v) is 2.04. The first-order valence-electron chi connectivity index (χ1n) is 6.18. The number of aromatic carboxylic acids is 1. The molecule has 0 spiro atoms. The summed E-state index contributed by atoms with van der Waals surface area (Å²) in [5.74, 6) is 0.0831. The first-order chi connectivity index (χ1) is 9.65. The summed E-state index contributed by atoms with van der Waals surface area (Å²) >= 11 is 5.14. The van der Waals surface area contributed by atoms with Crippen molar-refractivity contribution < 1.29 is 9.90 Å². The van der Waals surface area contributed by atoms with E-state index in [-0.39, 0.29) is 5.56 Å². The van der Waals surface area contributed by atoms with Gasteiger partial charge >= 0.3 is 0 Å². The minimum absolute atomic E-state index is 0.140. The van der Waals surface area contributed by atoms with Crippen LogP contribution in [-0.2, 0) is 0 Å². The summed E-state index contributed by atoms with van der Waals surface area (Å²) in [6.07, 6.45) is 3.83. The minimum atomic E-state index is -1.19.